The van der Waals surface area contributed by atoms with Crippen LogP contribution in [0.15, 0.2) is 60.9 Å². The van der Waals surface area contributed by atoms with Gasteiger partial charge in [0.2, 0.25) is 5.95 Å². The summed E-state index contributed by atoms with van der Waals surface area (Å²) < 4.78 is 15.6. The van der Waals surface area contributed by atoms with E-state index in [1.165, 1.54) is 12.1 Å². The molecule has 1 N–H and O–H groups in total. The number of hydrogen-bond acceptors (Lipinski definition) is 4. The number of hydrogen-bond donors (Lipinski definition) is 1. The number of pyridine rings is 1. The average molecular weight is 347 g/mol. The van der Waals surface area contributed by atoms with Crippen molar-refractivity contribution >= 4 is 11.5 Å². The Morgan fingerprint density at radius 3 is 2.77 bits per heavy atom. The van der Waals surface area contributed by atoms with Gasteiger partial charge in [0.25, 0.3) is 0 Å². The van der Waals surface area contributed by atoms with Gasteiger partial charge in [-0.25, -0.2) is 18.9 Å². The van der Waals surface area contributed by atoms with Crippen molar-refractivity contribution in [1.82, 2.24) is 19.6 Å². The summed E-state index contributed by atoms with van der Waals surface area (Å²) in [5.41, 5.74) is 3.89. The number of aromatic nitrogens is 4. The molecule has 0 saturated heterocycles. The molecule has 3 heterocycles. The highest BCUT2D eigenvalue weighted by Crippen LogP contribution is 2.34. The summed E-state index contributed by atoms with van der Waals surface area (Å²) in [6, 6.07) is 14.3. The first-order chi connectivity index (χ1) is 12.6. The van der Waals surface area contributed by atoms with Gasteiger partial charge in [0.05, 0.1) is 16.8 Å². The minimum atomic E-state index is -0.296. The molecule has 0 aliphatic heterocycles. The number of nitrogens with zero attached hydrogens (tertiary/aromatic N) is 4. The SMILES string of the molecule is CC(C)Nc1nccc(-c2c(-c3cccc(F)c3)nn3ccccc23)n1. The van der Waals surface area contributed by atoms with Gasteiger partial charge in [-0.1, -0.05) is 18.2 Å². The number of rotatable bonds is 4. The van der Waals surface area contributed by atoms with Gasteiger partial charge in [-0.15, -0.1) is 0 Å². The summed E-state index contributed by atoms with van der Waals surface area (Å²) in [6.45, 7) is 4.06. The monoisotopic (exact) mass is 347 g/mol. The Labute approximate surface area is 150 Å². The Morgan fingerprint density at radius 2 is 1.96 bits per heavy atom. The Bertz CT molecular complexity index is 1070. The highest BCUT2D eigenvalue weighted by atomic mass is 19.1. The summed E-state index contributed by atoms with van der Waals surface area (Å²) >= 11 is 0. The van der Waals surface area contributed by atoms with Crippen LogP contribution in [0.3, 0.4) is 0 Å². The summed E-state index contributed by atoms with van der Waals surface area (Å²) in [4.78, 5) is 8.92. The van der Waals surface area contributed by atoms with Crippen LogP contribution in [0.5, 0.6) is 0 Å². The van der Waals surface area contributed by atoms with E-state index in [1.807, 2.05) is 50.4 Å². The Kier molecular flexibility index (Phi) is 4.08. The fourth-order valence-electron chi connectivity index (χ4n) is 2.91. The Balaban J connectivity index is 1.95. The van der Waals surface area contributed by atoms with Gasteiger partial charge < -0.3 is 5.32 Å². The van der Waals surface area contributed by atoms with E-state index in [-0.39, 0.29) is 11.9 Å². The molecule has 0 radical (unpaired) electrons. The molecule has 3 aromatic heterocycles. The lowest BCUT2D eigenvalue weighted by Crippen LogP contribution is -2.12. The number of benzene rings is 1. The van der Waals surface area contributed by atoms with Crippen LogP contribution in [0, 0.1) is 5.82 Å². The van der Waals surface area contributed by atoms with Crippen molar-refractivity contribution in [2.75, 3.05) is 5.32 Å². The van der Waals surface area contributed by atoms with Crippen molar-refractivity contribution in [1.29, 1.82) is 0 Å². The lowest BCUT2D eigenvalue weighted by atomic mass is 10.0. The maximum absolute atomic E-state index is 13.8. The molecule has 1 aromatic carbocycles. The number of nitrogens with one attached hydrogen (secondary N) is 1. The van der Waals surface area contributed by atoms with Crippen LogP contribution in [0.25, 0.3) is 28.0 Å². The van der Waals surface area contributed by atoms with Crippen molar-refractivity contribution in [3.8, 4) is 22.5 Å². The third-order valence-electron chi connectivity index (χ3n) is 3.97. The third kappa shape index (κ3) is 3.01. The first-order valence-corrected chi connectivity index (χ1v) is 8.45. The molecule has 0 saturated carbocycles. The largest absolute Gasteiger partial charge is 0.352 e. The van der Waals surface area contributed by atoms with Gasteiger partial charge in [0, 0.05) is 24.0 Å². The normalized spacial score (nSPS) is 11.2. The standard InChI is InChI=1S/C20H18FN5/c1-13(2)23-20-22-10-9-16(24-20)18-17-8-3-4-11-26(17)25-19(18)14-6-5-7-15(21)12-14/h3-13H,1-2H3,(H,22,23,24). The molecule has 0 aliphatic carbocycles. The minimum Gasteiger partial charge on any atom is -0.352 e. The molecule has 130 valence electrons. The van der Waals surface area contributed by atoms with E-state index in [0.29, 0.717) is 17.2 Å². The van der Waals surface area contributed by atoms with E-state index in [2.05, 4.69) is 20.4 Å². The minimum absolute atomic E-state index is 0.219. The molecule has 0 amide bonds. The van der Waals surface area contributed by atoms with E-state index in [0.717, 1.165) is 16.8 Å². The quantitative estimate of drug-likeness (QED) is 0.594. The maximum Gasteiger partial charge on any atom is 0.223 e. The van der Waals surface area contributed by atoms with Crippen LogP contribution in [0.1, 0.15) is 13.8 Å². The van der Waals surface area contributed by atoms with Crippen LogP contribution in [-0.2, 0) is 0 Å². The zero-order valence-corrected chi connectivity index (χ0v) is 14.5. The predicted molar refractivity (Wildman–Crippen MR) is 100 cm³/mol. The molecule has 0 aliphatic rings. The Hall–Kier alpha value is -3.28. The van der Waals surface area contributed by atoms with E-state index < -0.39 is 0 Å². The molecule has 0 fully saturated rings. The maximum atomic E-state index is 13.8. The molecule has 0 spiro atoms. The van der Waals surface area contributed by atoms with Gasteiger partial charge >= 0.3 is 0 Å². The lowest BCUT2D eigenvalue weighted by Gasteiger charge is -2.09. The molecular formula is C20H18FN5. The van der Waals surface area contributed by atoms with E-state index in [9.17, 15) is 4.39 Å². The smallest absolute Gasteiger partial charge is 0.223 e. The van der Waals surface area contributed by atoms with Gasteiger partial charge in [-0.3, -0.25) is 0 Å². The number of anilines is 1. The van der Waals surface area contributed by atoms with E-state index >= 15 is 0 Å². The number of halogens is 1. The summed E-state index contributed by atoms with van der Waals surface area (Å²) in [5.74, 6) is 0.258. The highest BCUT2D eigenvalue weighted by Gasteiger charge is 2.18. The fraction of sp³-hybridized carbons (Fsp3) is 0.150. The molecular weight excluding hydrogens is 329 g/mol. The molecule has 26 heavy (non-hydrogen) atoms. The van der Waals surface area contributed by atoms with Crippen molar-refractivity contribution in [2.24, 2.45) is 0 Å². The van der Waals surface area contributed by atoms with Crippen molar-refractivity contribution in [3.63, 3.8) is 0 Å². The predicted octanol–water partition coefficient (Wildman–Crippen LogP) is 4.42. The molecule has 0 bridgehead atoms. The first-order valence-electron chi connectivity index (χ1n) is 8.45. The second-order valence-corrected chi connectivity index (χ2v) is 6.33. The topological polar surface area (TPSA) is 55.1 Å². The van der Waals surface area contributed by atoms with E-state index in [1.54, 1.807) is 16.8 Å². The fourth-order valence-corrected chi connectivity index (χ4v) is 2.91. The van der Waals surface area contributed by atoms with Crippen LogP contribution >= 0.6 is 0 Å². The van der Waals surface area contributed by atoms with Crippen molar-refractivity contribution in [2.45, 2.75) is 19.9 Å². The van der Waals surface area contributed by atoms with Gasteiger partial charge in [0.1, 0.15) is 11.5 Å². The first kappa shape index (κ1) is 16.2. The summed E-state index contributed by atoms with van der Waals surface area (Å²) in [5, 5.41) is 7.87. The molecule has 5 nitrogen and oxygen atoms in total. The third-order valence-corrected chi connectivity index (χ3v) is 3.97. The van der Waals surface area contributed by atoms with Gasteiger partial charge in [-0.05, 0) is 44.2 Å². The zero-order chi connectivity index (χ0) is 18.1. The summed E-state index contributed by atoms with van der Waals surface area (Å²) in [6.07, 6.45) is 3.59. The molecule has 0 atom stereocenters. The zero-order valence-electron chi connectivity index (χ0n) is 14.5. The van der Waals surface area contributed by atoms with Gasteiger partial charge in [-0.2, -0.15) is 5.10 Å². The van der Waals surface area contributed by atoms with Gasteiger partial charge in [0.15, 0.2) is 0 Å². The van der Waals surface area contributed by atoms with Crippen LogP contribution in [0.4, 0.5) is 10.3 Å². The van der Waals surface area contributed by atoms with E-state index in [4.69, 9.17) is 0 Å². The second kappa shape index (κ2) is 6.55. The van der Waals surface area contributed by atoms with Crippen LogP contribution < -0.4 is 5.32 Å². The lowest BCUT2D eigenvalue weighted by molar-refractivity contribution is 0.628. The molecule has 4 aromatic rings. The Morgan fingerprint density at radius 1 is 1.08 bits per heavy atom. The molecule has 4 rings (SSSR count). The summed E-state index contributed by atoms with van der Waals surface area (Å²) in [7, 11) is 0. The average Bonchev–Trinajstić information content (AvgIpc) is 3.01. The number of fused-ring (bicyclic) bond motifs is 1. The van der Waals surface area contributed by atoms with Crippen LogP contribution in [-0.4, -0.2) is 25.6 Å². The second-order valence-electron chi connectivity index (χ2n) is 6.33. The van der Waals surface area contributed by atoms with Crippen LogP contribution in [0.2, 0.25) is 0 Å². The molecule has 6 heteroatoms. The highest BCUT2D eigenvalue weighted by molar-refractivity contribution is 5.90. The molecule has 0 unspecified atom stereocenters. The van der Waals surface area contributed by atoms with Crippen molar-refractivity contribution in [3.05, 3.63) is 66.7 Å². The van der Waals surface area contributed by atoms with Crippen molar-refractivity contribution < 1.29 is 4.39 Å².